The van der Waals surface area contributed by atoms with Crippen LogP contribution >= 0.6 is 23.3 Å². The molecule has 0 aliphatic carbocycles. The van der Waals surface area contributed by atoms with Crippen LogP contribution in [0.4, 0.5) is 10.8 Å². The molecule has 0 fully saturated rings. The number of nitrogens with two attached hydrogens (primary N) is 1. The van der Waals surface area contributed by atoms with Crippen molar-refractivity contribution >= 4 is 44.0 Å². The van der Waals surface area contributed by atoms with Gasteiger partial charge >= 0.3 is 0 Å². The van der Waals surface area contributed by atoms with Crippen LogP contribution in [-0.2, 0) is 9.84 Å². The summed E-state index contributed by atoms with van der Waals surface area (Å²) in [5.41, 5.74) is 5.67. The van der Waals surface area contributed by atoms with Crippen LogP contribution in [0, 0.1) is 0 Å². The summed E-state index contributed by atoms with van der Waals surface area (Å²) >= 11 is 2.82. The molecule has 0 saturated heterocycles. The van der Waals surface area contributed by atoms with Crippen molar-refractivity contribution < 1.29 is 8.42 Å². The Balaban J connectivity index is 2.72. The van der Waals surface area contributed by atoms with Gasteiger partial charge in [0.1, 0.15) is 9.90 Å². The number of thioether (sulfide) groups is 1. The Morgan fingerprint density at radius 1 is 1.58 bits per heavy atom. The molecule has 19 heavy (non-hydrogen) atoms. The molecule has 1 aromatic heterocycles. The van der Waals surface area contributed by atoms with Crippen molar-refractivity contribution in [3.63, 3.8) is 0 Å². The summed E-state index contributed by atoms with van der Waals surface area (Å²) < 4.78 is 28.1. The minimum absolute atomic E-state index is 0.0928. The first-order chi connectivity index (χ1) is 9.03. The molecule has 1 rings (SSSR count). The van der Waals surface area contributed by atoms with Gasteiger partial charge in [0.25, 0.3) is 0 Å². The van der Waals surface area contributed by atoms with E-state index in [-0.39, 0.29) is 16.5 Å². The van der Waals surface area contributed by atoms with E-state index in [1.807, 2.05) is 13.0 Å². The first-order valence-corrected chi connectivity index (χ1v) is 9.51. The molecular weight excluding hydrogens is 302 g/mol. The molecule has 0 radical (unpaired) electrons. The van der Waals surface area contributed by atoms with Crippen molar-refractivity contribution in [1.29, 1.82) is 0 Å². The molecule has 0 saturated carbocycles. The van der Waals surface area contributed by atoms with Crippen molar-refractivity contribution in [3.8, 4) is 0 Å². The predicted molar refractivity (Wildman–Crippen MR) is 84.9 cm³/mol. The molecule has 0 spiro atoms. The van der Waals surface area contributed by atoms with Crippen LogP contribution in [0.2, 0.25) is 0 Å². The Bertz CT molecular complexity index is 511. The van der Waals surface area contributed by atoms with E-state index in [1.54, 1.807) is 11.8 Å². The largest absolute Gasteiger partial charge is 0.382 e. The van der Waals surface area contributed by atoms with Gasteiger partial charge in [-0.15, -0.1) is 6.58 Å². The van der Waals surface area contributed by atoms with Crippen molar-refractivity contribution in [2.75, 3.05) is 34.9 Å². The summed E-state index contributed by atoms with van der Waals surface area (Å²) in [6.45, 7) is 6.14. The smallest absolute Gasteiger partial charge is 0.185 e. The number of nitrogens with one attached hydrogen (secondary N) is 1. The van der Waals surface area contributed by atoms with Crippen LogP contribution in [0.3, 0.4) is 0 Å². The highest BCUT2D eigenvalue weighted by Crippen LogP contribution is 2.32. The van der Waals surface area contributed by atoms with Gasteiger partial charge in [-0.2, -0.15) is 16.1 Å². The van der Waals surface area contributed by atoms with E-state index in [1.165, 1.54) is 0 Å². The second kappa shape index (κ2) is 7.76. The van der Waals surface area contributed by atoms with Gasteiger partial charge < -0.3 is 11.1 Å². The fourth-order valence-corrected chi connectivity index (χ4v) is 4.71. The number of hydrogen-bond donors (Lipinski definition) is 2. The zero-order valence-electron chi connectivity index (χ0n) is 10.9. The first kappa shape index (κ1) is 16.3. The third-order valence-electron chi connectivity index (χ3n) is 2.23. The lowest BCUT2D eigenvalue weighted by Crippen LogP contribution is -2.11. The summed E-state index contributed by atoms with van der Waals surface area (Å²) in [5, 5.41) is 3.65. The standard InChI is InChI=1S/C11H19N3O2S3/c1-3-6-17-7-5-13-11-9(10(12)14-18-11)19(15,16)8-4-2/h3,13H,1,4-8H2,2H3,(H2,12,14). The zero-order chi connectivity index (χ0) is 14.3. The first-order valence-electron chi connectivity index (χ1n) is 5.93. The fraction of sp³-hybridized carbons (Fsp3) is 0.545. The maximum absolute atomic E-state index is 12.1. The van der Waals surface area contributed by atoms with Crippen LogP contribution in [0.1, 0.15) is 13.3 Å². The van der Waals surface area contributed by atoms with Gasteiger partial charge in [0.2, 0.25) is 0 Å². The SMILES string of the molecule is C=CCSCCNc1snc(N)c1S(=O)(=O)CCC. The van der Waals surface area contributed by atoms with Crippen LogP contribution in [0.5, 0.6) is 0 Å². The van der Waals surface area contributed by atoms with Crippen LogP contribution in [-0.4, -0.2) is 36.6 Å². The lowest BCUT2D eigenvalue weighted by molar-refractivity contribution is 0.595. The highest BCUT2D eigenvalue weighted by atomic mass is 32.2. The highest BCUT2D eigenvalue weighted by molar-refractivity contribution is 7.99. The van der Waals surface area contributed by atoms with Crippen LogP contribution in [0.25, 0.3) is 0 Å². The molecule has 0 amide bonds. The topological polar surface area (TPSA) is 85.1 Å². The minimum Gasteiger partial charge on any atom is -0.382 e. The molecule has 1 aromatic rings. The molecule has 3 N–H and O–H groups in total. The summed E-state index contributed by atoms with van der Waals surface area (Å²) in [5.74, 6) is 1.94. The third kappa shape index (κ3) is 4.70. The number of sulfone groups is 1. The second-order valence-corrected chi connectivity index (χ2v) is 7.80. The molecule has 0 unspecified atom stereocenters. The summed E-state index contributed by atoms with van der Waals surface area (Å²) in [7, 11) is -3.34. The van der Waals surface area contributed by atoms with Crippen LogP contribution < -0.4 is 11.1 Å². The Labute approximate surface area is 122 Å². The average molecular weight is 321 g/mol. The third-order valence-corrected chi connectivity index (χ3v) is 6.12. The zero-order valence-corrected chi connectivity index (χ0v) is 13.3. The van der Waals surface area contributed by atoms with Gasteiger partial charge in [-0.05, 0) is 18.0 Å². The van der Waals surface area contributed by atoms with E-state index in [2.05, 4.69) is 16.3 Å². The van der Waals surface area contributed by atoms with Gasteiger partial charge in [-0.3, -0.25) is 0 Å². The van der Waals surface area contributed by atoms with E-state index in [0.29, 0.717) is 18.0 Å². The monoisotopic (exact) mass is 321 g/mol. The fourth-order valence-electron chi connectivity index (χ4n) is 1.48. The Morgan fingerprint density at radius 2 is 2.32 bits per heavy atom. The van der Waals surface area contributed by atoms with E-state index >= 15 is 0 Å². The molecule has 0 atom stereocenters. The van der Waals surface area contributed by atoms with Gasteiger partial charge in [0, 0.05) is 18.1 Å². The lowest BCUT2D eigenvalue weighted by Gasteiger charge is -2.07. The normalized spacial score (nSPS) is 11.4. The number of aromatic nitrogens is 1. The van der Waals surface area contributed by atoms with Gasteiger partial charge in [-0.25, -0.2) is 8.42 Å². The van der Waals surface area contributed by atoms with Crippen molar-refractivity contribution in [3.05, 3.63) is 12.7 Å². The highest BCUT2D eigenvalue weighted by Gasteiger charge is 2.24. The summed E-state index contributed by atoms with van der Waals surface area (Å²) in [6, 6.07) is 0. The van der Waals surface area contributed by atoms with E-state index in [9.17, 15) is 8.42 Å². The maximum Gasteiger partial charge on any atom is 0.185 e. The van der Waals surface area contributed by atoms with E-state index in [0.717, 1.165) is 23.0 Å². The van der Waals surface area contributed by atoms with E-state index < -0.39 is 9.84 Å². The molecule has 0 bridgehead atoms. The van der Waals surface area contributed by atoms with Crippen molar-refractivity contribution in [2.45, 2.75) is 18.2 Å². The van der Waals surface area contributed by atoms with Crippen molar-refractivity contribution in [2.24, 2.45) is 0 Å². The quantitative estimate of drug-likeness (QED) is 0.536. The number of nitrogens with zero attached hydrogens (tertiary/aromatic N) is 1. The molecule has 0 aromatic carbocycles. The van der Waals surface area contributed by atoms with Gasteiger partial charge in [-0.1, -0.05) is 13.0 Å². The number of anilines is 2. The van der Waals surface area contributed by atoms with Crippen molar-refractivity contribution in [1.82, 2.24) is 4.37 Å². The molecule has 0 aliphatic heterocycles. The second-order valence-electron chi connectivity index (χ2n) is 3.84. The average Bonchev–Trinajstić information content (AvgIpc) is 2.71. The summed E-state index contributed by atoms with van der Waals surface area (Å²) in [4.78, 5) is 0.160. The number of rotatable bonds is 9. The Hall–Kier alpha value is -0.730. The predicted octanol–water partition coefficient (Wildman–Crippen LogP) is 2.24. The number of hydrogen-bond acceptors (Lipinski definition) is 7. The van der Waals surface area contributed by atoms with Crippen LogP contribution in [0.15, 0.2) is 17.6 Å². The molecule has 8 heteroatoms. The Kier molecular flexibility index (Phi) is 6.67. The molecular formula is C11H19N3O2S3. The minimum atomic E-state index is -3.34. The molecule has 1 heterocycles. The Morgan fingerprint density at radius 3 is 2.95 bits per heavy atom. The van der Waals surface area contributed by atoms with Gasteiger partial charge in [0.05, 0.1) is 5.75 Å². The van der Waals surface area contributed by atoms with E-state index in [4.69, 9.17) is 5.73 Å². The summed E-state index contributed by atoms with van der Waals surface area (Å²) in [6.07, 6.45) is 2.40. The molecule has 108 valence electrons. The number of nitrogen functional groups attached to an aromatic ring is 1. The van der Waals surface area contributed by atoms with Gasteiger partial charge in [0.15, 0.2) is 15.7 Å². The maximum atomic E-state index is 12.1. The lowest BCUT2D eigenvalue weighted by atomic mass is 10.6. The molecule has 0 aliphatic rings. The molecule has 5 nitrogen and oxygen atoms in total.